The Bertz CT molecular complexity index is 248. The van der Waals surface area contributed by atoms with Crippen molar-refractivity contribution < 1.29 is 0 Å². The van der Waals surface area contributed by atoms with Crippen molar-refractivity contribution in [2.75, 3.05) is 18.4 Å². The molecule has 1 aromatic heterocycles. The van der Waals surface area contributed by atoms with Crippen LogP contribution < -0.4 is 10.6 Å². The van der Waals surface area contributed by atoms with Crippen molar-refractivity contribution in [3.05, 3.63) is 18.6 Å². The van der Waals surface area contributed by atoms with E-state index in [9.17, 15) is 0 Å². The molecule has 0 spiro atoms. The van der Waals surface area contributed by atoms with Crippen molar-refractivity contribution in [1.29, 1.82) is 0 Å². The second kappa shape index (κ2) is 5.78. The van der Waals surface area contributed by atoms with E-state index in [0.29, 0.717) is 6.04 Å². The lowest BCUT2D eigenvalue weighted by atomic mass is 10.1. The van der Waals surface area contributed by atoms with Gasteiger partial charge in [-0.25, -0.2) is 4.98 Å². The fourth-order valence-corrected chi connectivity index (χ4v) is 1.56. The second-order valence-corrected chi connectivity index (χ2v) is 3.28. The highest BCUT2D eigenvalue weighted by Crippen LogP contribution is 2.07. The lowest BCUT2D eigenvalue weighted by molar-refractivity contribution is 0.479. The molecule has 1 aliphatic rings. The van der Waals surface area contributed by atoms with Crippen LogP contribution in [0.3, 0.4) is 0 Å². The fourth-order valence-electron chi connectivity index (χ4n) is 1.56. The van der Waals surface area contributed by atoms with E-state index < -0.39 is 0 Å². The monoisotopic (exact) mass is 214 g/mol. The molecule has 1 unspecified atom stereocenters. The van der Waals surface area contributed by atoms with Crippen LogP contribution in [0.2, 0.25) is 0 Å². The Morgan fingerprint density at radius 1 is 1.43 bits per heavy atom. The molecule has 2 rings (SSSR count). The summed E-state index contributed by atoms with van der Waals surface area (Å²) in [6, 6.07) is 0.505. The normalized spacial score (nSPS) is 21.0. The van der Waals surface area contributed by atoms with Gasteiger partial charge in [-0.2, -0.15) is 0 Å². The van der Waals surface area contributed by atoms with Gasteiger partial charge in [-0.15, -0.1) is 12.4 Å². The third-order valence-corrected chi connectivity index (χ3v) is 2.21. The van der Waals surface area contributed by atoms with Crippen LogP contribution in [0.1, 0.15) is 12.8 Å². The molecule has 1 atom stereocenters. The number of piperidine rings is 1. The van der Waals surface area contributed by atoms with Crippen LogP contribution >= 0.6 is 12.4 Å². The molecule has 0 saturated carbocycles. The lowest BCUT2D eigenvalue weighted by Gasteiger charge is -2.23. The number of anilines is 1. The minimum atomic E-state index is 0. The standard InChI is InChI=1S/C9H14N4.ClH/c1-2-8(6-10-3-1)13-9-7-11-4-5-12-9;/h4-5,7-8,10H,1-3,6H2,(H,12,13);1H. The van der Waals surface area contributed by atoms with Crippen molar-refractivity contribution >= 4 is 18.2 Å². The highest BCUT2D eigenvalue weighted by molar-refractivity contribution is 5.85. The van der Waals surface area contributed by atoms with Crippen LogP contribution in [0.25, 0.3) is 0 Å². The molecular weight excluding hydrogens is 200 g/mol. The molecule has 0 aliphatic carbocycles. The number of aromatic nitrogens is 2. The summed E-state index contributed by atoms with van der Waals surface area (Å²) < 4.78 is 0. The smallest absolute Gasteiger partial charge is 0.144 e. The third-order valence-electron chi connectivity index (χ3n) is 2.21. The van der Waals surface area contributed by atoms with Crippen molar-refractivity contribution in [2.45, 2.75) is 18.9 Å². The minimum absolute atomic E-state index is 0. The molecule has 2 N–H and O–H groups in total. The molecule has 1 aromatic rings. The predicted octanol–water partition coefficient (Wildman–Crippen LogP) is 1.06. The summed E-state index contributed by atoms with van der Waals surface area (Å²) in [5.74, 6) is 0.871. The highest BCUT2D eigenvalue weighted by atomic mass is 35.5. The van der Waals surface area contributed by atoms with Gasteiger partial charge in [0.1, 0.15) is 5.82 Å². The number of nitrogens with zero attached hydrogens (tertiary/aromatic N) is 2. The Hall–Kier alpha value is -0.870. The average molecular weight is 215 g/mol. The molecule has 0 radical (unpaired) electrons. The highest BCUT2D eigenvalue weighted by Gasteiger charge is 2.12. The van der Waals surface area contributed by atoms with Gasteiger partial charge in [-0.1, -0.05) is 0 Å². The Morgan fingerprint density at radius 3 is 3.00 bits per heavy atom. The second-order valence-electron chi connectivity index (χ2n) is 3.28. The largest absolute Gasteiger partial charge is 0.365 e. The van der Waals surface area contributed by atoms with E-state index in [1.807, 2.05) is 0 Å². The van der Waals surface area contributed by atoms with Crippen LogP contribution in [0.4, 0.5) is 5.82 Å². The van der Waals surface area contributed by atoms with Gasteiger partial charge in [0.15, 0.2) is 0 Å². The maximum Gasteiger partial charge on any atom is 0.144 e. The predicted molar refractivity (Wildman–Crippen MR) is 58.8 cm³/mol. The molecule has 2 heterocycles. The van der Waals surface area contributed by atoms with Crippen molar-refractivity contribution in [1.82, 2.24) is 15.3 Å². The van der Waals surface area contributed by atoms with Crippen molar-refractivity contribution in [2.24, 2.45) is 0 Å². The van der Waals surface area contributed by atoms with Crippen molar-refractivity contribution in [3.8, 4) is 0 Å². The first-order valence-corrected chi connectivity index (χ1v) is 4.68. The van der Waals surface area contributed by atoms with Crippen LogP contribution in [0.5, 0.6) is 0 Å². The summed E-state index contributed by atoms with van der Waals surface area (Å²) >= 11 is 0. The zero-order valence-corrected chi connectivity index (χ0v) is 8.76. The van der Waals surface area contributed by atoms with Crippen molar-refractivity contribution in [3.63, 3.8) is 0 Å². The Kier molecular flexibility index (Phi) is 4.62. The SMILES string of the molecule is Cl.c1cnc(NC2CCCNC2)cn1. The molecule has 1 saturated heterocycles. The van der Waals surface area contributed by atoms with Gasteiger partial charge in [0.2, 0.25) is 0 Å². The van der Waals surface area contributed by atoms with Gasteiger partial charge < -0.3 is 10.6 Å². The van der Waals surface area contributed by atoms with Crippen LogP contribution in [-0.4, -0.2) is 29.1 Å². The van der Waals surface area contributed by atoms with Gasteiger partial charge >= 0.3 is 0 Å². The van der Waals surface area contributed by atoms with Crippen LogP contribution in [-0.2, 0) is 0 Å². The van der Waals surface area contributed by atoms with Crippen LogP contribution in [0.15, 0.2) is 18.6 Å². The van der Waals surface area contributed by atoms with Gasteiger partial charge in [0, 0.05) is 25.0 Å². The summed E-state index contributed by atoms with van der Waals surface area (Å²) in [5, 5.41) is 6.69. The minimum Gasteiger partial charge on any atom is -0.365 e. The summed E-state index contributed by atoms with van der Waals surface area (Å²) in [6.45, 7) is 2.16. The molecule has 0 amide bonds. The number of hydrogen-bond acceptors (Lipinski definition) is 4. The molecule has 1 aliphatic heterocycles. The molecule has 4 nitrogen and oxygen atoms in total. The summed E-state index contributed by atoms with van der Waals surface area (Å²) in [5.41, 5.74) is 0. The summed E-state index contributed by atoms with van der Waals surface area (Å²) in [4.78, 5) is 8.18. The molecule has 0 bridgehead atoms. The molecule has 14 heavy (non-hydrogen) atoms. The lowest BCUT2D eigenvalue weighted by Crippen LogP contribution is -2.38. The third kappa shape index (κ3) is 3.12. The Labute approximate surface area is 89.9 Å². The van der Waals surface area contributed by atoms with E-state index >= 15 is 0 Å². The van der Waals surface area contributed by atoms with E-state index in [1.54, 1.807) is 18.6 Å². The number of halogens is 1. The quantitative estimate of drug-likeness (QED) is 0.773. The van der Waals surface area contributed by atoms with Gasteiger partial charge in [-0.3, -0.25) is 4.98 Å². The zero-order valence-electron chi connectivity index (χ0n) is 7.94. The van der Waals surface area contributed by atoms with Crippen LogP contribution in [0, 0.1) is 0 Å². The van der Waals surface area contributed by atoms with Gasteiger partial charge in [0.05, 0.1) is 6.20 Å². The molecule has 78 valence electrons. The first-order valence-electron chi connectivity index (χ1n) is 4.68. The number of nitrogens with one attached hydrogen (secondary N) is 2. The number of hydrogen-bond donors (Lipinski definition) is 2. The van der Waals surface area contributed by atoms with Gasteiger partial charge in [0.25, 0.3) is 0 Å². The molecule has 0 aromatic carbocycles. The first-order chi connectivity index (χ1) is 6.45. The van der Waals surface area contributed by atoms with E-state index in [0.717, 1.165) is 18.9 Å². The maximum absolute atomic E-state index is 4.17. The maximum atomic E-state index is 4.17. The fraction of sp³-hybridized carbons (Fsp3) is 0.556. The van der Waals surface area contributed by atoms with E-state index in [2.05, 4.69) is 20.6 Å². The average Bonchev–Trinajstić information content (AvgIpc) is 2.21. The molecule has 1 fully saturated rings. The Morgan fingerprint density at radius 2 is 2.36 bits per heavy atom. The van der Waals surface area contributed by atoms with E-state index in [1.165, 1.54) is 12.8 Å². The summed E-state index contributed by atoms with van der Waals surface area (Å²) in [7, 11) is 0. The number of rotatable bonds is 2. The molecule has 5 heteroatoms. The van der Waals surface area contributed by atoms with E-state index in [-0.39, 0.29) is 12.4 Å². The van der Waals surface area contributed by atoms with E-state index in [4.69, 9.17) is 0 Å². The Balaban J connectivity index is 0.000000980. The molecular formula is C9H15ClN4. The summed E-state index contributed by atoms with van der Waals surface area (Å²) in [6.07, 6.45) is 7.60. The van der Waals surface area contributed by atoms with Gasteiger partial charge in [-0.05, 0) is 19.4 Å². The topological polar surface area (TPSA) is 49.8 Å². The zero-order chi connectivity index (χ0) is 8.93. The first kappa shape index (κ1) is 11.2.